The maximum absolute atomic E-state index is 12.9. The van der Waals surface area contributed by atoms with E-state index < -0.39 is 0 Å². The topological polar surface area (TPSA) is 64.7 Å². The first kappa shape index (κ1) is 16.8. The first-order valence-corrected chi connectivity index (χ1v) is 8.71. The molecule has 0 aliphatic carbocycles. The third-order valence-electron chi connectivity index (χ3n) is 4.34. The molecule has 0 unspecified atom stereocenters. The van der Waals surface area contributed by atoms with E-state index in [0.29, 0.717) is 12.1 Å². The highest BCUT2D eigenvalue weighted by Gasteiger charge is 2.16. The lowest BCUT2D eigenvalue weighted by Crippen LogP contribution is -2.31. The minimum atomic E-state index is -0.166. The van der Waals surface area contributed by atoms with E-state index in [1.165, 1.54) is 0 Å². The summed E-state index contributed by atoms with van der Waals surface area (Å²) in [6, 6.07) is 19.1. The predicted molar refractivity (Wildman–Crippen MR) is 102 cm³/mol. The van der Waals surface area contributed by atoms with Crippen molar-refractivity contribution < 1.29 is 4.79 Å². The van der Waals surface area contributed by atoms with Crippen LogP contribution in [0.2, 0.25) is 0 Å². The monoisotopic (exact) mass is 357 g/mol. The minimum Gasteiger partial charge on any atom is -0.343 e. The smallest absolute Gasteiger partial charge is 0.251 e. The van der Waals surface area contributed by atoms with Gasteiger partial charge in [0.15, 0.2) is 0 Å². The van der Waals surface area contributed by atoms with Crippen molar-refractivity contribution in [2.75, 3.05) is 0 Å². The molecular formula is C21H19N5O. The Hall–Kier alpha value is -3.67. The Morgan fingerprint density at radius 1 is 1.00 bits per heavy atom. The van der Waals surface area contributed by atoms with Crippen LogP contribution in [0.4, 0.5) is 0 Å². The van der Waals surface area contributed by atoms with Crippen LogP contribution < -0.4 is 5.32 Å². The van der Waals surface area contributed by atoms with E-state index in [0.717, 1.165) is 11.3 Å². The second-order valence-corrected chi connectivity index (χ2v) is 6.20. The molecule has 0 aliphatic rings. The molecule has 0 aliphatic heterocycles. The second kappa shape index (κ2) is 7.70. The molecule has 4 aromatic rings. The molecule has 0 radical (unpaired) electrons. The fourth-order valence-corrected chi connectivity index (χ4v) is 2.98. The summed E-state index contributed by atoms with van der Waals surface area (Å²) in [5, 5.41) is 7.36. The third-order valence-corrected chi connectivity index (χ3v) is 4.34. The molecular weight excluding hydrogens is 338 g/mol. The maximum Gasteiger partial charge on any atom is 0.251 e. The number of hydrogen-bond donors (Lipinski definition) is 1. The summed E-state index contributed by atoms with van der Waals surface area (Å²) in [5.41, 5.74) is 2.48. The molecule has 4 rings (SSSR count). The number of nitrogens with zero attached hydrogens (tertiary/aromatic N) is 4. The quantitative estimate of drug-likeness (QED) is 0.576. The molecule has 1 N–H and O–H groups in total. The van der Waals surface area contributed by atoms with Gasteiger partial charge in [-0.15, -0.1) is 0 Å². The number of nitrogens with one attached hydrogen (secondary N) is 1. The van der Waals surface area contributed by atoms with Crippen LogP contribution in [0.15, 0.2) is 91.8 Å². The van der Waals surface area contributed by atoms with Crippen LogP contribution in [0, 0.1) is 0 Å². The van der Waals surface area contributed by atoms with Crippen LogP contribution in [-0.4, -0.2) is 25.2 Å². The first-order valence-electron chi connectivity index (χ1n) is 8.71. The van der Waals surface area contributed by atoms with Crippen molar-refractivity contribution in [1.82, 2.24) is 24.6 Å². The van der Waals surface area contributed by atoms with Crippen molar-refractivity contribution in [2.24, 2.45) is 0 Å². The minimum absolute atomic E-state index is 0.127. The van der Waals surface area contributed by atoms with E-state index in [1.54, 1.807) is 23.4 Å². The van der Waals surface area contributed by atoms with E-state index >= 15 is 0 Å². The van der Waals surface area contributed by atoms with Crippen LogP contribution in [-0.2, 0) is 6.54 Å². The molecule has 0 spiro atoms. The second-order valence-electron chi connectivity index (χ2n) is 6.20. The molecule has 6 nitrogen and oxygen atoms in total. The SMILES string of the molecule is O=C(N[C@H](Cn1ccnc1)c1ccccc1)c1cccc(-n2cccn2)c1. The van der Waals surface area contributed by atoms with Gasteiger partial charge in [0.25, 0.3) is 5.91 Å². The molecule has 6 heteroatoms. The Labute approximate surface area is 157 Å². The lowest BCUT2D eigenvalue weighted by atomic mass is 10.1. The molecule has 1 amide bonds. The summed E-state index contributed by atoms with van der Waals surface area (Å²) in [6.07, 6.45) is 8.93. The Morgan fingerprint density at radius 2 is 1.89 bits per heavy atom. The van der Waals surface area contributed by atoms with Gasteiger partial charge in [0, 0.05) is 36.9 Å². The molecule has 2 heterocycles. The van der Waals surface area contributed by atoms with Gasteiger partial charge in [-0.05, 0) is 29.8 Å². The van der Waals surface area contributed by atoms with E-state index in [-0.39, 0.29) is 11.9 Å². The normalized spacial score (nSPS) is 11.9. The molecule has 0 saturated heterocycles. The number of amides is 1. The number of rotatable bonds is 6. The molecule has 1 atom stereocenters. The van der Waals surface area contributed by atoms with E-state index in [2.05, 4.69) is 15.4 Å². The number of aromatic nitrogens is 4. The van der Waals surface area contributed by atoms with Gasteiger partial charge < -0.3 is 9.88 Å². The number of imidazole rings is 1. The van der Waals surface area contributed by atoms with Gasteiger partial charge in [0.1, 0.15) is 0 Å². The standard InChI is InChI=1S/C21H19N5O/c27-21(18-8-4-9-19(14-18)26-12-5-10-23-26)24-20(15-25-13-11-22-16-25)17-6-2-1-3-7-17/h1-14,16,20H,15H2,(H,24,27)/t20-/m1/s1. The third kappa shape index (κ3) is 3.95. The van der Waals surface area contributed by atoms with Gasteiger partial charge in [-0.2, -0.15) is 5.10 Å². The highest BCUT2D eigenvalue weighted by Crippen LogP contribution is 2.17. The predicted octanol–water partition coefficient (Wildman–Crippen LogP) is 3.24. The van der Waals surface area contributed by atoms with Crippen molar-refractivity contribution in [3.05, 3.63) is 103 Å². The summed E-state index contributed by atoms with van der Waals surface area (Å²) in [6.45, 7) is 0.606. The van der Waals surface area contributed by atoms with Gasteiger partial charge >= 0.3 is 0 Å². The largest absolute Gasteiger partial charge is 0.343 e. The maximum atomic E-state index is 12.9. The van der Waals surface area contributed by atoms with Gasteiger partial charge in [-0.3, -0.25) is 4.79 Å². The Morgan fingerprint density at radius 3 is 2.63 bits per heavy atom. The van der Waals surface area contributed by atoms with Gasteiger partial charge in [0.2, 0.25) is 0 Å². The molecule has 0 fully saturated rings. The number of hydrogen-bond acceptors (Lipinski definition) is 3. The van der Waals surface area contributed by atoms with Gasteiger partial charge in [-0.1, -0.05) is 36.4 Å². The number of carbonyl (C=O) groups is 1. The number of benzene rings is 2. The van der Waals surface area contributed by atoms with E-state index in [4.69, 9.17) is 0 Å². The van der Waals surface area contributed by atoms with Gasteiger partial charge in [0.05, 0.1) is 18.1 Å². The molecule has 0 saturated carbocycles. The molecule has 2 aromatic carbocycles. The average molecular weight is 357 g/mol. The zero-order valence-electron chi connectivity index (χ0n) is 14.6. The molecule has 0 bridgehead atoms. The van der Waals surface area contributed by atoms with E-state index in [1.807, 2.05) is 77.6 Å². The molecule has 2 aromatic heterocycles. The van der Waals surface area contributed by atoms with Crippen molar-refractivity contribution in [2.45, 2.75) is 12.6 Å². The van der Waals surface area contributed by atoms with Crippen LogP contribution in [0.5, 0.6) is 0 Å². The Kier molecular flexibility index (Phi) is 4.78. The van der Waals surface area contributed by atoms with Crippen LogP contribution >= 0.6 is 0 Å². The summed E-state index contributed by atoms with van der Waals surface area (Å²) in [4.78, 5) is 17.0. The zero-order valence-corrected chi connectivity index (χ0v) is 14.6. The lowest BCUT2D eigenvalue weighted by Gasteiger charge is -2.20. The van der Waals surface area contributed by atoms with Crippen LogP contribution in [0.1, 0.15) is 22.0 Å². The Balaban J connectivity index is 1.57. The Bertz CT molecular complexity index is 994. The van der Waals surface area contributed by atoms with Crippen molar-refractivity contribution >= 4 is 5.91 Å². The average Bonchev–Trinajstić information content (AvgIpc) is 3.42. The van der Waals surface area contributed by atoms with E-state index in [9.17, 15) is 4.79 Å². The summed E-state index contributed by atoms with van der Waals surface area (Å²) in [5.74, 6) is -0.127. The molecule has 27 heavy (non-hydrogen) atoms. The van der Waals surface area contributed by atoms with Gasteiger partial charge in [-0.25, -0.2) is 9.67 Å². The highest BCUT2D eigenvalue weighted by molar-refractivity contribution is 5.95. The summed E-state index contributed by atoms with van der Waals surface area (Å²) < 4.78 is 3.69. The van der Waals surface area contributed by atoms with Crippen molar-refractivity contribution in [1.29, 1.82) is 0 Å². The first-order chi connectivity index (χ1) is 13.3. The lowest BCUT2D eigenvalue weighted by molar-refractivity contribution is 0.0932. The fourth-order valence-electron chi connectivity index (χ4n) is 2.98. The van der Waals surface area contributed by atoms with Crippen molar-refractivity contribution in [3.8, 4) is 5.69 Å². The fraction of sp³-hybridized carbons (Fsp3) is 0.0952. The van der Waals surface area contributed by atoms with Crippen LogP contribution in [0.25, 0.3) is 5.69 Å². The van der Waals surface area contributed by atoms with Crippen LogP contribution in [0.3, 0.4) is 0 Å². The summed E-state index contributed by atoms with van der Waals surface area (Å²) in [7, 11) is 0. The summed E-state index contributed by atoms with van der Waals surface area (Å²) >= 11 is 0. The van der Waals surface area contributed by atoms with Crippen molar-refractivity contribution in [3.63, 3.8) is 0 Å². The number of carbonyl (C=O) groups excluding carboxylic acids is 1. The molecule has 134 valence electrons. The zero-order chi connectivity index (χ0) is 18.5. The highest BCUT2D eigenvalue weighted by atomic mass is 16.1.